The minimum Gasteiger partial charge on any atom is -0.481 e. The third kappa shape index (κ3) is 4.20. The number of nitriles is 1. The van der Waals surface area contributed by atoms with E-state index in [0.29, 0.717) is 5.69 Å². The molecule has 1 N–H and O–H groups in total. The van der Waals surface area contributed by atoms with Gasteiger partial charge in [0.25, 0.3) is 10.0 Å². The molecule has 0 fully saturated rings. The summed E-state index contributed by atoms with van der Waals surface area (Å²) in [5.41, 5.74) is 1.33. The summed E-state index contributed by atoms with van der Waals surface area (Å²) in [4.78, 5) is 10.7. The topological polar surface area (TPSA) is 98.5 Å². The smallest absolute Gasteiger partial charge is 0.305 e. The molecule has 0 bridgehead atoms. The second-order valence-electron chi connectivity index (χ2n) is 4.62. The van der Waals surface area contributed by atoms with Crippen molar-refractivity contribution in [3.05, 3.63) is 29.8 Å². The number of anilines is 1. The summed E-state index contributed by atoms with van der Waals surface area (Å²) >= 11 is 0. The Hall–Kier alpha value is -2.07. The van der Waals surface area contributed by atoms with E-state index in [1.807, 2.05) is 6.92 Å². The van der Waals surface area contributed by atoms with Crippen molar-refractivity contribution in [2.75, 3.05) is 10.8 Å². The Labute approximate surface area is 124 Å². The fourth-order valence-corrected chi connectivity index (χ4v) is 3.46. The molecule has 0 heterocycles. The fraction of sp³-hybridized carbons (Fsp3) is 0.429. The van der Waals surface area contributed by atoms with Gasteiger partial charge in [-0.2, -0.15) is 5.26 Å². The average molecular weight is 310 g/mol. The van der Waals surface area contributed by atoms with Crippen molar-refractivity contribution in [2.24, 2.45) is 0 Å². The first-order valence-corrected chi connectivity index (χ1v) is 8.02. The van der Waals surface area contributed by atoms with Gasteiger partial charge >= 0.3 is 5.97 Å². The molecule has 0 aliphatic rings. The normalized spacial score (nSPS) is 12.4. The molecule has 114 valence electrons. The lowest BCUT2D eigenvalue weighted by molar-refractivity contribution is -0.136. The maximum atomic E-state index is 12.5. The van der Waals surface area contributed by atoms with E-state index in [1.165, 1.54) is 0 Å². The second-order valence-corrected chi connectivity index (χ2v) is 6.66. The van der Waals surface area contributed by atoms with Crippen molar-refractivity contribution < 1.29 is 18.3 Å². The van der Waals surface area contributed by atoms with E-state index in [4.69, 9.17) is 10.4 Å². The van der Waals surface area contributed by atoms with Gasteiger partial charge in [-0.25, -0.2) is 8.42 Å². The van der Waals surface area contributed by atoms with Crippen LogP contribution in [0.1, 0.15) is 25.3 Å². The van der Waals surface area contributed by atoms with Crippen LogP contribution in [0.4, 0.5) is 5.69 Å². The zero-order valence-corrected chi connectivity index (χ0v) is 12.8. The number of nitrogens with zero attached hydrogens (tertiary/aromatic N) is 2. The number of benzene rings is 1. The van der Waals surface area contributed by atoms with Crippen molar-refractivity contribution >= 4 is 21.7 Å². The van der Waals surface area contributed by atoms with E-state index >= 15 is 0 Å². The molecule has 1 unspecified atom stereocenters. The van der Waals surface area contributed by atoms with Crippen LogP contribution in [0.25, 0.3) is 0 Å². The van der Waals surface area contributed by atoms with Crippen molar-refractivity contribution in [2.45, 2.75) is 31.9 Å². The average Bonchev–Trinajstić information content (AvgIpc) is 2.41. The second kappa shape index (κ2) is 7.09. The van der Waals surface area contributed by atoms with E-state index in [9.17, 15) is 13.2 Å². The number of carboxylic acids is 1. The van der Waals surface area contributed by atoms with Crippen molar-refractivity contribution in [1.29, 1.82) is 5.26 Å². The van der Waals surface area contributed by atoms with E-state index in [2.05, 4.69) is 0 Å². The SMILES string of the molecule is CCC(C#N)S(=O)(=O)N(CCC(=O)O)c1ccc(C)cc1. The summed E-state index contributed by atoms with van der Waals surface area (Å²) in [6.45, 7) is 3.28. The minimum absolute atomic E-state index is 0.147. The first-order chi connectivity index (χ1) is 9.82. The summed E-state index contributed by atoms with van der Waals surface area (Å²) in [7, 11) is -3.92. The molecule has 6 nitrogen and oxygen atoms in total. The monoisotopic (exact) mass is 310 g/mol. The van der Waals surface area contributed by atoms with Crippen LogP contribution in [0, 0.1) is 18.3 Å². The molecule has 0 spiro atoms. The predicted octanol–water partition coefficient (Wildman–Crippen LogP) is 1.91. The number of carbonyl (C=O) groups is 1. The van der Waals surface area contributed by atoms with Crippen LogP contribution >= 0.6 is 0 Å². The molecule has 1 rings (SSSR count). The van der Waals surface area contributed by atoms with Gasteiger partial charge in [-0.05, 0) is 25.5 Å². The first kappa shape index (κ1) is 17.0. The molecule has 21 heavy (non-hydrogen) atoms. The molecule has 1 atom stereocenters. The zero-order valence-electron chi connectivity index (χ0n) is 12.0. The van der Waals surface area contributed by atoms with E-state index in [1.54, 1.807) is 37.3 Å². The quantitative estimate of drug-likeness (QED) is 0.829. The number of hydrogen-bond donors (Lipinski definition) is 1. The van der Waals surface area contributed by atoms with Gasteiger partial charge in [-0.1, -0.05) is 24.6 Å². The highest BCUT2D eigenvalue weighted by Crippen LogP contribution is 2.23. The highest BCUT2D eigenvalue weighted by atomic mass is 32.2. The van der Waals surface area contributed by atoms with Crippen molar-refractivity contribution in [3.8, 4) is 6.07 Å². The van der Waals surface area contributed by atoms with E-state index in [0.717, 1.165) is 9.87 Å². The number of carboxylic acid groups (broad SMARTS) is 1. The lowest BCUT2D eigenvalue weighted by Gasteiger charge is -2.26. The molecule has 0 saturated carbocycles. The summed E-state index contributed by atoms with van der Waals surface area (Å²) in [6.07, 6.45) is -0.177. The Morgan fingerprint density at radius 2 is 1.95 bits per heavy atom. The van der Waals surface area contributed by atoms with Gasteiger partial charge < -0.3 is 5.11 Å². The molecule has 0 aliphatic carbocycles. The van der Waals surface area contributed by atoms with Gasteiger partial charge in [-0.15, -0.1) is 0 Å². The van der Waals surface area contributed by atoms with Gasteiger partial charge in [0.1, 0.15) is 0 Å². The molecule has 0 amide bonds. The van der Waals surface area contributed by atoms with Gasteiger partial charge in [-0.3, -0.25) is 9.10 Å². The van der Waals surface area contributed by atoms with Gasteiger partial charge in [0.2, 0.25) is 0 Å². The summed E-state index contributed by atoms with van der Waals surface area (Å²) < 4.78 is 26.0. The Bertz CT molecular complexity index is 632. The minimum atomic E-state index is -3.92. The largest absolute Gasteiger partial charge is 0.481 e. The van der Waals surface area contributed by atoms with Gasteiger partial charge in [0.15, 0.2) is 5.25 Å². The molecular weight excluding hydrogens is 292 g/mol. The Kier molecular flexibility index (Phi) is 5.73. The van der Waals surface area contributed by atoms with Crippen LogP contribution < -0.4 is 4.31 Å². The Morgan fingerprint density at radius 3 is 2.38 bits per heavy atom. The van der Waals surface area contributed by atoms with Crippen LogP contribution in [0.5, 0.6) is 0 Å². The summed E-state index contributed by atoms with van der Waals surface area (Å²) in [6, 6.07) is 8.47. The Balaban J connectivity index is 3.22. The maximum absolute atomic E-state index is 12.5. The molecule has 7 heteroatoms. The number of aliphatic carboxylic acids is 1. The molecule has 1 aromatic carbocycles. The van der Waals surface area contributed by atoms with Crippen LogP contribution in [0.2, 0.25) is 0 Å². The number of sulfonamides is 1. The molecular formula is C14H18N2O4S. The van der Waals surface area contributed by atoms with Crippen LogP contribution in [-0.4, -0.2) is 31.3 Å². The van der Waals surface area contributed by atoms with E-state index in [-0.39, 0.29) is 19.4 Å². The van der Waals surface area contributed by atoms with Gasteiger partial charge in [0.05, 0.1) is 18.2 Å². The van der Waals surface area contributed by atoms with Crippen LogP contribution in [0.15, 0.2) is 24.3 Å². The third-order valence-corrected chi connectivity index (χ3v) is 5.20. The van der Waals surface area contributed by atoms with Crippen molar-refractivity contribution in [1.82, 2.24) is 0 Å². The number of hydrogen-bond acceptors (Lipinski definition) is 4. The summed E-state index contributed by atoms with van der Waals surface area (Å²) in [5.74, 6) is -1.09. The molecule has 0 radical (unpaired) electrons. The first-order valence-electron chi connectivity index (χ1n) is 6.52. The number of aryl methyl sites for hydroxylation is 1. The number of rotatable bonds is 7. The third-order valence-electron chi connectivity index (χ3n) is 3.03. The lowest BCUT2D eigenvalue weighted by atomic mass is 10.2. The molecule has 0 aromatic heterocycles. The standard InChI is InChI=1S/C14H18N2O4S/c1-3-13(10-15)21(19,20)16(9-8-14(17)18)12-6-4-11(2)5-7-12/h4-7,13H,3,8-9H2,1-2H3,(H,17,18). The maximum Gasteiger partial charge on any atom is 0.305 e. The van der Waals surface area contributed by atoms with E-state index < -0.39 is 21.2 Å². The molecule has 1 aromatic rings. The summed E-state index contributed by atoms with van der Waals surface area (Å²) in [5, 5.41) is 16.6. The predicted molar refractivity (Wildman–Crippen MR) is 79.4 cm³/mol. The highest BCUT2D eigenvalue weighted by Gasteiger charge is 2.31. The van der Waals surface area contributed by atoms with Crippen molar-refractivity contribution in [3.63, 3.8) is 0 Å². The van der Waals surface area contributed by atoms with Crippen LogP contribution in [-0.2, 0) is 14.8 Å². The zero-order chi connectivity index (χ0) is 16.0. The lowest BCUT2D eigenvalue weighted by Crippen LogP contribution is -2.39. The van der Waals surface area contributed by atoms with Crippen LogP contribution in [0.3, 0.4) is 0 Å². The van der Waals surface area contributed by atoms with Gasteiger partial charge in [0, 0.05) is 6.54 Å². The molecule has 0 aliphatic heterocycles. The molecule has 0 saturated heterocycles. The highest BCUT2D eigenvalue weighted by molar-refractivity contribution is 7.93. The fourth-order valence-electron chi connectivity index (χ4n) is 1.83. The Morgan fingerprint density at radius 1 is 1.38 bits per heavy atom.